The highest BCUT2D eigenvalue weighted by molar-refractivity contribution is 5.79. The van der Waals surface area contributed by atoms with E-state index in [1.807, 2.05) is 7.05 Å². The second-order valence-corrected chi connectivity index (χ2v) is 9.36. The molecule has 2 N–H and O–H groups in total. The number of benzene rings is 1. The number of nitrogens with one attached hydrogen (secondary N) is 2. The van der Waals surface area contributed by atoms with Crippen molar-refractivity contribution in [1.82, 2.24) is 15.5 Å². The van der Waals surface area contributed by atoms with Crippen molar-refractivity contribution in [1.29, 1.82) is 0 Å². The molecule has 6 nitrogen and oxygen atoms in total. The second-order valence-electron chi connectivity index (χ2n) is 9.36. The summed E-state index contributed by atoms with van der Waals surface area (Å²) in [6.07, 6.45) is 8.82. The van der Waals surface area contributed by atoms with Crippen molar-refractivity contribution in [2.45, 2.75) is 51.0 Å². The van der Waals surface area contributed by atoms with Crippen LogP contribution in [-0.4, -0.2) is 65.4 Å². The Hall–Kier alpha value is -1.79. The Morgan fingerprint density at radius 3 is 2.52 bits per heavy atom. The highest BCUT2D eigenvalue weighted by Crippen LogP contribution is 2.40. The summed E-state index contributed by atoms with van der Waals surface area (Å²) < 4.78 is 10.7. The minimum absolute atomic E-state index is 0.352. The molecular weight excluding hydrogens is 388 g/mol. The molecule has 0 amide bonds. The van der Waals surface area contributed by atoms with E-state index in [9.17, 15) is 0 Å². The minimum Gasteiger partial charge on any atom is -0.497 e. The number of aliphatic imine (C=N–C) groups is 1. The smallest absolute Gasteiger partial charge is 0.191 e. The summed E-state index contributed by atoms with van der Waals surface area (Å²) >= 11 is 0. The van der Waals surface area contributed by atoms with Crippen molar-refractivity contribution >= 4 is 5.96 Å². The Bertz CT molecular complexity index is 685. The van der Waals surface area contributed by atoms with Gasteiger partial charge in [0, 0.05) is 39.9 Å². The van der Waals surface area contributed by atoms with Gasteiger partial charge in [-0.2, -0.15) is 0 Å². The number of methoxy groups -OCH3 is 2. The van der Waals surface area contributed by atoms with Crippen LogP contribution in [0.2, 0.25) is 0 Å². The van der Waals surface area contributed by atoms with Crippen LogP contribution in [0.15, 0.2) is 29.3 Å². The normalized spacial score (nSPS) is 24.2. The first kappa shape index (κ1) is 23.9. The van der Waals surface area contributed by atoms with E-state index < -0.39 is 0 Å². The van der Waals surface area contributed by atoms with E-state index in [0.29, 0.717) is 17.4 Å². The van der Waals surface area contributed by atoms with Gasteiger partial charge in [-0.25, -0.2) is 0 Å². The SMILES string of the molecule is CN=C(NCC1CCCN(C)C1c1ccc(OC)cc1)NCC1(CCOC)CCCC1. The average Bonchev–Trinajstić information content (AvgIpc) is 3.27. The third-order valence-corrected chi connectivity index (χ3v) is 7.35. The quantitative estimate of drug-likeness (QED) is 0.460. The van der Waals surface area contributed by atoms with E-state index in [1.54, 1.807) is 14.2 Å². The van der Waals surface area contributed by atoms with E-state index in [1.165, 1.54) is 44.1 Å². The van der Waals surface area contributed by atoms with Gasteiger partial charge in [0.15, 0.2) is 5.96 Å². The molecule has 0 bridgehead atoms. The van der Waals surface area contributed by atoms with E-state index in [-0.39, 0.29) is 0 Å². The molecule has 1 aromatic carbocycles. The molecule has 6 heteroatoms. The monoisotopic (exact) mass is 430 g/mol. The maximum Gasteiger partial charge on any atom is 0.191 e. The Labute approximate surface area is 188 Å². The van der Waals surface area contributed by atoms with Gasteiger partial charge in [0.2, 0.25) is 0 Å². The second kappa shape index (κ2) is 11.7. The van der Waals surface area contributed by atoms with E-state index in [2.05, 4.69) is 51.8 Å². The number of guanidine groups is 1. The van der Waals surface area contributed by atoms with Crippen LogP contribution in [0.3, 0.4) is 0 Å². The van der Waals surface area contributed by atoms with Gasteiger partial charge in [-0.3, -0.25) is 9.89 Å². The van der Waals surface area contributed by atoms with Gasteiger partial charge in [0.25, 0.3) is 0 Å². The molecule has 1 heterocycles. The molecule has 0 radical (unpaired) electrons. The lowest BCUT2D eigenvalue weighted by Crippen LogP contribution is -2.47. The number of ether oxygens (including phenoxy) is 2. The first-order valence-electron chi connectivity index (χ1n) is 11.9. The topological polar surface area (TPSA) is 58.1 Å². The number of hydrogen-bond donors (Lipinski definition) is 2. The summed E-state index contributed by atoms with van der Waals surface area (Å²) in [6, 6.07) is 8.98. The fourth-order valence-corrected chi connectivity index (χ4v) is 5.48. The fraction of sp³-hybridized carbons (Fsp3) is 0.720. The fourth-order valence-electron chi connectivity index (χ4n) is 5.48. The van der Waals surface area contributed by atoms with Crippen LogP contribution >= 0.6 is 0 Å². The zero-order valence-corrected chi connectivity index (χ0v) is 20.0. The maximum atomic E-state index is 5.38. The van der Waals surface area contributed by atoms with Gasteiger partial charge >= 0.3 is 0 Å². The third kappa shape index (κ3) is 6.36. The zero-order valence-electron chi connectivity index (χ0n) is 20.0. The highest BCUT2D eigenvalue weighted by atomic mass is 16.5. The summed E-state index contributed by atoms with van der Waals surface area (Å²) in [7, 11) is 7.64. The molecule has 1 saturated heterocycles. The molecule has 1 aromatic rings. The van der Waals surface area contributed by atoms with Crippen LogP contribution in [0.1, 0.15) is 56.6 Å². The van der Waals surface area contributed by atoms with Crippen LogP contribution in [0.5, 0.6) is 5.75 Å². The third-order valence-electron chi connectivity index (χ3n) is 7.35. The number of rotatable bonds is 9. The number of likely N-dealkylation sites (tertiary alicyclic amines) is 1. The van der Waals surface area contributed by atoms with Crippen LogP contribution in [-0.2, 0) is 4.74 Å². The van der Waals surface area contributed by atoms with Gasteiger partial charge < -0.3 is 20.1 Å². The maximum absolute atomic E-state index is 5.38. The zero-order chi connectivity index (χ0) is 22.1. The molecule has 174 valence electrons. The van der Waals surface area contributed by atoms with Crippen molar-refractivity contribution in [3.05, 3.63) is 29.8 Å². The predicted octanol–water partition coefficient (Wildman–Crippen LogP) is 3.84. The molecule has 2 aliphatic rings. The van der Waals surface area contributed by atoms with Crippen LogP contribution < -0.4 is 15.4 Å². The first-order valence-corrected chi connectivity index (χ1v) is 11.9. The van der Waals surface area contributed by atoms with Gasteiger partial charge in [-0.05, 0) is 74.7 Å². The molecule has 3 rings (SSSR count). The largest absolute Gasteiger partial charge is 0.497 e. The standard InChI is InChI=1S/C25H42N4O2/c1-26-24(28-19-25(15-17-30-3)13-5-6-14-25)27-18-21-8-7-16-29(2)23(21)20-9-11-22(31-4)12-10-20/h9-12,21,23H,5-8,13-19H2,1-4H3,(H2,26,27,28). The molecular formula is C25H42N4O2. The number of piperidine rings is 1. The number of hydrogen-bond acceptors (Lipinski definition) is 4. The summed E-state index contributed by atoms with van der Waals surface area (Å²) in [4.78, 5) is 7.01. The van der Waals surface area contributed by atoms with Crippen LogP contribution in [0.25, 0.3) is 0 Å². The van der Waals surface area contributed by atoms with Crippen LogP contribution in [0, 0.1) is 11.3 Å². The summed E-state index contributed by atoms with van der Waals surface area (Å²) in [5.41, 5.74) is 1.71. The molecule has 1 aliphatic heterocycles. The summed E-state index contributed by atoms with van der Waals surface area (Å²) in [5.74, 6) is 2.38. The first-order chi connectivity index (χ1) is 15.1. The molecule has 2 fully saturated rings. The lowest BCUT2D eigenvalue weighted by molar-refractivity contribution is 0.122. The molecule has 1 aliphatic carbocycles. The lowest BCUT2D eigenvalue weighted by Gasteiger charge is -2.40. The van der Waals surface area contributed by atoms with E-state index >= 15 is 0 Å². The number of nitrogens with zero attached hydrogens (tertiary/aromatic N) is 2. The van der Waals surface area contributed by atoms with Crippen molar-refractivity contribution < 1.29 is 9.47 Å². The van der Waals surface area contributed by atoms with Gasteiger partial charge in [-0.15, -0.1) is 0 Å². The van der Waals surface area contributed by atoms with E-state index in [4.69, 9.17) is 9.47 Å². The van der Waals surface area contributed by atoms with Crippen molar-refractivity contribution in [2.75, 3.05) is 54.6 Å². The summed E-state index contributed by atoms with van der Waals surface area (Å²) in [6.45, 7) is 3.88. The van der Waals surface area contributed by atoms with Gasteiger partial charge in [0.05, 0.1) is 7.11 Å². The average molecular weight is 431 g/mol. The molecule has 31 heavy (non-hydrogen) atoms. The van der Waals surface area contributed by atoms with E-state index in [0.717, 1.165) is 44.4 Å². The summed E-state index contributed by atoms with van der Waals surface area (Å²) in [5, 5.41) is 7.27. The van der Waals surface area contributed by atoms with Gasteiger partial charge in [-0.1, -0.05) is 25.0 Å². The Morgan fingerprint density at radius 2 is 1.87 bits per heavy atom. The van der Waals surface area contributed by atoms with Crippen molar-refractivity contribution in [2.24, 2.45) is 16.3 Å². The Morgan fingerprint density at radius 1 is 1.13 bits per heavy atom. The molecule has 2 atom stereocenters. The van der Waals surface area contributed by atoms with Crippen LogP contribution in [0.4, 0.5) is 0 Å². The predicted molar refractivity (Wildman–Crippen MR) is 128 cm³/mol. The Balaban J connectivity index is 1.58. The molecule has 0 spiro atoms. The molecule has 0 aromatic heterocycles. The van der Waals surface area contributed by atoms with Gasteiger partial charge in [0.1, 0.15) is 5.75 Å². The highest BCUT2D eigenvalue weighted by Gasteiger charge is 2.34. The van der Waals surface area contributed by atoms with Crippen molar-refractivity contribution in [3.63, 3.8) is 0 Å². The van der Waals surface area contributed by atoms with Crippen molar-refractivity contribution in [3.8, 4) is 5.75 Å². The Kier molecular flexibility index (Phi) is 9.02. The molecule has 2 unspecified atom stereocenters. The molecule has 1 saturated carbocycles. The minimum atomic E-state index is 0.352. The lowest BCUT2D eigenvalue weighted by atomic mass is 9.83.